The van der Waals surface area contributed by atoms with E-state index < -0.39 is 21.8 Å². The van der Waals surface area contributed by atoms with Gasteiger partial charge in [-0.15, -0.1) is 0 Å². The summed E-state index contributed by atoms with van der Waals surface area (Å²) in [5, 5.41) is 2.59. The number of benzene rings is 2. The van der Waals surface area contributed by atoms with E-state index in [0.29, 0.717) is 25.1 Å². The molecular formula is C20H22ClFN2O4S. The van der Waals surface area contributed by atoms with E-state index in [2.05, 4.69) is 5.32 Å². The van der Waals surface area contributed by atoms with Crippen molar-refractivity contribution < 1.29 is 22.3 Å². The summed E-state index contributed by atoms with van der Waals surface area (Å²) in [4.78, 5) is 12.7. The van der Waals surface area contributed by atoms with Crippen molar-refractivity contribution in [3.05, 3.63) is 52.8 Å². The van der Waals surface area contributed by atoms with Gasteiger partial charge in [-0.3, -0.25) is 4.79 Å². The molecule has 0 bridgehead atoms. The number of hydrogen-bond donors (Lipinski definition) is 1. The van der Waals surface area contributed by atoms with Crippen molar-refractivity contribution >= 4 is 33.2 Å². The molecule has 0 saturated carbocycles. The highest BCUT2D eigenvalue weighted by Gasteiger charge is 2.35. The van der Waals surface area contributed by atoms with Crippen LogP contribution < -0.4 is 10.1 Å². The van der Waals surface area contributed by atoms with Gasteiger partial charge in [0.15, 0.2) is 0 Å². The molecule has 156 valence electrons. The average molecular weight is 441 g/mol. The third-order valence-electron chi connectivity index (χ3n) is 4.88. The van der Waals surface area contributed by atoms with Gasteiger partial charge in [0.25, 0.3) is 0 Å². The Bertz CT molecular complexity index is 1030. The molecule has 0 unspecified atom stereocenters. The minimum Gasteiger partial charge on any atom is -0.495 e. The van der Waals surface area contributed by atoms with Crippen molar-refractivity contribution in [1.29, 1.82) is 0 Å². The molecule has 2 aromatic carbocycles. The predicted octanol–water partition coefficient (Wildman–Crippen LogP) is 3.84. The number of sulfonamides is 1. The fourth-order valence-electron chi connectivity index (χ4n) is 3.32. The summed E-state index contributed by atoms with van der Waals surface area (Å²) in [7, 11) is -2.40. The summed E-state index contributed by atoms with van der Waals surface area (Å²) in [5.74, 6) is -1.17. The standard InChI is InChI=1S/C20H22ClFN2O4S/c1-13-5-8-18(28-2)19(10-13)29(26,27)24-9-3-4-14(12-24)20(25)23-15-6-7-17(22)16(21)11-15/h5-8,10-11,14H,3-4,9,12H2,1-2H3,(H,23,25)/t14-/m0/s1. The Morgan fingerprint density at radius 2 is 2.03 bits per heavy atom. The molecule has 6 nitrogen and oxygen atoms in total. The number of methoxy groups -OCH3 is 1. The minimum atomic E-state index is -3.82. The van der Waals surface area contributed by atoms with Gasteiger partial charge >= 0.3 is 0 Å². The highest BCUT2D eigenvalue weighted by molar-refractivity contribution is 7.89. The van der Waals surface area contributed by atoms with Crippen LogP contribution in [0.3, 0.4) is 0 Å². The largest absolute Gasteiger partial charge is 0.495 e. The van der Waals surface area contributed by atoms with E-state index >= 15 is 0 Å². The SMILES string of the molecule is COc1ccc(C)cc1S(=O)(=O)N1CCC[C@H](C(=O)Nc2ccc(F)c(Cl)c2)C1. The quantitative estimate of drug-likeness (QED) is 0.766. The van der Waals surface area contributed by atoms with E-state index in [4.69, 9.17) is 16.3 Å². The van der Waals surface area contributed by atoms with E-state index in [1.165, 1.54) is 29.6 Å². The molecule has 1 N–H and O–H groups in total. The van der Waals surface area contributed by atoms with Gasteiger partial charge in [-0.25, -0.2) is 12.8 Å². The number of piperidine rings is 1. The van der Waals surface area contributed by atoms with Crippen LogP contribution in [0, 0.1) is 18.7 Å². The van der Waals surface area contributed by atoms with Crippen molar-refractivity contribution in [2.45, 2.75) is 24.7 Å². The smallest absolute Gasteiger partial charge is 0.246 e. The van der Waals surface area contributed by atoms with Crippen LogP contribution in [-0.4, -0.2) is 38.8 Å². The fraction of sp³-hybridized carbons (Fsp3) is 0.350. The number of amides is 1. The van der Waals surface area contributed by atoms with Gasteiger partial charge in [0.05, 0.1) is 18.1 Å². The van der Waals surface area contributed by atoms with Crippen LogP contribution in [0.25, 0.3) is 0 Å². The molecule has 3 rings (SSSR count). The topological polar surface area (TPSA) is 75.7 Å². The molecule has 1 aliphatic heterocycles. The summed E-state index contributed by atoms with van der Waals surface area (Å²) in [6, 6.07) is 8.86. The number of halogens is 2. The van der Waals surface area contributed by atoms with Crippen LogP contribution in [0.15, 0.2) is 41.3 Å². The number of carbonyl (C=O) groups excluding carboxylic acids is 1. The minimum absolute atomic E-state index is 0.0557. The normalized spacial score (nSPS) is 17.7. The number of carbonyl (C=O) groups is 1. The third kappa shape index (κ3) is 4.71. The lowest BCUT2D eigenvalue weighted by Crippen LogP contribution is -2.43. The Morgan fingerprint density at radius 1 is 1.28 bits per heavy atom. The summed E-state index contributed by atoms with van der Waals surface area (Å²) in [5.41, 5.74) is 1.16. The van der Waals surface area contributed by atoms with Gasteiger partial charge in [-0.2, -0.15) is 4.31 Å². The van der Waals surface area contributed by atoms with Gasteiger partial charge in [0.2, 0.25) is 15.9 Å². The molecule has 9 heteroatoms. The maximum absolute atomic E-state index is 13.3. The Hall–Kier alpha value is -2.16. The third-order valence-corrected chi connectivity index (χ3v) is 7.05. The summed E-state index contributed by atoms with van der Waals surface area (Å²) >= 11 is 5.75. The number of hydrogen-bond acceptors (Lipinski definition) is 4. The lowest BCUT2D eigenvalue weighted by Gasteiger charge is -2.31. The number of rotatable bonds is 5. The van der Waals surface area contributed by atoms with Crippen molar-refractivity contribution in [1.82, 2.24) is 4.31 Å². The predicted molar refractivity (Wildman–Crippen MR) is 109 cm³/mol. The van der Waals surface area contributed by atoms with E-state index in [1.54, 1.807) is 25.1 Å². The molecule has 1 amide bonds. The van der Waals surface area contributed by atoms with E-state index in [9.17, 15) is 17.6 Å². The van der Waals surface area contributed by atoms with Gasteiger partial charge in [0.1, 0.15) is 16.5 Å². The van der Waals surface area contributed by atoms with E-state index in [-0.39, 0.29) is 28.1 Å². The zero-order valence-electron chi connectivity index (χ0n) is 16.1. The first-order valence-corrected chi connectivity index (χ1v) is 10.9. The molecule has 0 aromatic heterocycles. The summed E-state index contributed by atoms with van der Waals surface area (Å²) in [6.45, 7) is 2.19. The van der Waals surface area contributed by atoms with Crippen molar-refractivity contribution in [3.8, 4) is 5.75 Å². The van der Waals surface area contributed by atoms with E-state index in [0.717, 1.165) is 5.56 Å². The monoisotopic (exact) mass is 440 g/mol. The number of nitrogens with zero attached hydrogens (tertiary/aromatic N) is 1. The Balaban J connectivity index is 1.78. The molecule has 1 aliphatic rings. The van der Waals surface area contributed by atoms with Gasteiger partial charge in [-0.05, 0) is 55.7 Å². The van der Waals surface area contributed by atoms with Crippen LogP contribution in [0.1, 0.15) is 18.4 Å². The zero-order chi connectivity index (χ0) is 21.2. The summed E-state index contributed by atoms with van der Waals surface area (Å²) < 4.78 is 46.2. The first-order chi connectivity index (χ1) is 13.7. The highest BCUT2D eigenvalue weighted by atomic mass is 35.5. The Kier molecular flexibility index (Phi) is 6.45. The first-order valence-electron chi connectivity index (χ1n) is 9.13. The van der Waals surface area contributed by atoms with E-state index in [1.807, 2.05) is 0 Å². The maximum atomic E-state index is 13.3. The van der Waals surface area contributed by atoms with Crippen LogP contribution in [0.4, 0.5) is 10.1 Å². The van der Waals surface area contributed by atoms with Crippen LogP contribution in [0.2, 0.25) is 5.02 Å². The molecule has 0 radical (unpaired) electrons. The molecule has 1 fully saturated rings. The van der Waals surface area contributed by atoms with Crippen LogP contribution in [0.5, 0.6) is 5.75 Å². The lowest BCUT2D eigenvalue weighted by molar-refractivity contribution is -0.120. The second kappa shape index (κ2) is 8.69. The molecular weight excluding hydrogens is 419 g/mol. The molecule has 1 atom stereocenters. The fourth-order valence-corrected chi connectivity index (χ4v) is 5.26. The van der Waals surface area contributed by atoms with Crippen molar-refractivity contribution in [2.24, 2.45) is 5.92 Å². The Labute approximate surface area is 174 Å². The highest BCUT2D eigenvalue weighted by Crippen LogP contribution is 2.31. The summed E-state index contributed by atoms with van der Waals surface area (Å²) in [6.07, 6.45) is 1.10. The van der Waals surface area contributed by atoms with Crippen molar-refractivity contribution in [2.75, 3.05) is 25.5 Å². The van der Waals surface area contributed by atoms with Gasteiger partial charge in [-0.1, -0.05) is 17.7 Å². The van der Waals surface area contributed by atoms with Gasteiger partial charge in [0, 0.05) is 18.8 Å². The number of anilines is 1. The van der Waals surface area contributed by atoms with Crippen LogP contribution in [-0.2, 0) is 14.8 Å². The van der Waals surface area contributed by atoms with Crippen molar-refractivity contribution in [3.63, 3.8) is 0 Å². The Morgan fingerprint density at radius 3 is 2.72 bits per heavy atom. The molecule has 29 heavy (non-hydrogen) atoms. The maximum Gasteiger partial charge on any atom is 0.246 e. The molecule has 1 saturated heterocycles. The van der Waals surface area contributed by atoms with Crippen LogP contribution >= 0.6 is 11.6 Å². The van der Waals surface area contributed by atoms with Gasteiger partial charge < -0.3 is 10.1 Å². The second-order valence-corrected chi connectivity index (χ2v) is 9.29. The average Bonchev–Trinajstić information content (AvgIpc) is 2.70. The second-order valence-electron chi connectivity index (χ2n) is 6.97. The lowest BCUT2D eigenvalue weighted by atomic mass is 9.99. The molecule has 0 aliphatic carbocycles. The number of ether oxygens (including phenoxy) is 1. The number of nitrogens with one attached hydrogen (secondary N) is 1. The zero-order valence-corrected chi connectivity index (χ0v) is 17.7. The molecule has 1 heterocycles. The molecule has 0 spiro atoms. The number of aryl methyl sites for hydroxylation is 1. The first kappa shape index (κ1) is 21.5. The molecule has 2 aromatic rings.